The zero-order valence-corrected chi connectivity index (χ0v) is 14.8. The van der Waals surface area contributed by atoms with E-state index in [1.807, 2.05) is 0 Å². The van der Waals surface area contributed by atoms with Crippen LogP contribution in [-0.4, -0.2) is 29.2 Å². The number of carboxylic acids is 1. The molecular formula is C19H27NO4. The van der Waals surface area contributed by atoms with Crippen molar-refractivity contribution in [3.8, 4) is 0 Å². The Hall–Kier alpha value is -1.88. The minimum Gasteiger partial charge on any atom is -0.479 e. The fourth-order valence-corrected chi connectivity index (χ4v) is 2.98. The van der Waals surface area contributed by atoms with E-state index in [0.29, 0.717) is 18.8 Å². The van der Waals surface area contributed by atoms with Crippen molar-refractivity contribution in [3.63, 3.8) is 0 Å². The molecule has 1 saturated heterocycles. The molecule has 3 atom stereocenters. The monoisotopic (exact) mass is 333 g/mol. The number of hydrogen-bond acceptors (Lipinski definition) is 3. The molecule has 0 saturated carbocycles. The van der Waals surface area contributed by atoms with Crippen molar-refractivity contribution in [3.05, 3.63) is 35.4 Å². The van der Waals surface area contributed by atoms with Gasteiger partial charge in [-0.15, -0.1) is 0 Å². The minimum atomic E-state index is -1.00. The summed E-state index contributed by atoms with van der Waals surface area (Å²) < 4.78 is 5.34. The summed E-state index contributed by atoms with van der Waals surface area (Å²) in [4.78, 5) is 23.4. The maximum absolute atomic E-state index is 12.4. The average molecular weight is 333 g/mol. The highest BCUT2D eigenvalue weighted by molar-refractivity contribution is 5.83. The molecule has 0 spiro atoms. The molecule has 1 unspecified atom stereocenters. The molecule has 1 aromatic carbocycles. The molecule has 2 N–H and O–H groups in total. The fraction of sp³-hybridized carbons (Fsp3) is 0.579. The van der Waals surface area contributed by atoms with Gasteiger partial charge in [-0.25, -0.2) is 4.79 Å². The van der Waals surface area contributed by atoms with Gasteiger partial charge < -0.3 is 15.2 Å². The second kappa shape index (κ2) is 7.79. The molecule has 0 aromatic heterocycles. The van der Waals surface area contributed by atoms with Crippen molar-refractivity contribution >= 4 is 11.9 Å². The normalized spacial score (nSPS) is 21.9. The SMILES string of the molecule is CC(C)c1ccc(C(NC(=O)[C@@H]2CC[C@H](C(=O)O)O2)C(C)C)cc1. The molecule has 0 radical (unpaired) electrons. The van der Waals surface area contributed by atoms with Crippen molar-refractivity contribution in [1.29, 1.82) is 0 Å². The van der Waals surface area contributed by atoms with Gasteiger partial charge in [0.25, 0.3) is 0 Å². The lowest BCUT2D eigenvalue weighted by molar-refractivity contribution is -0.152. The zero-order chi connectivity index (χ0) is 17.9. The van der Waals surface area contributed by atoms with Gasteiger partial charge in [0, 0.05) is 0 Å². The Balaban J connectivity index is 2.06. The Morgan fingerprint density at radius 3 is 2.04 bits per heavy atom. The number of ether oxygens (including phenoxy) is 1. The summed E-state index contributed by atoms with van der Waals surface area (Å²) >= 11 is 0. The van der Waals surface area contributed by atoms with Crippen LogP contribution in [0.25, 0.3) is 0 Å². The van der Waals surface area contributed by atoms with Crippen LogP contribution in [0.2, 0.25) is 0 Å². The molecule has 1 aliphatic heterocycles. The summed E-state index contributed by atoms with van der Waals surface area (Å²) in [6, 6.07) is 8.17. The first-order chi connectivity index (χ1) is 11.3. The topological polar surface area (TPSA) is 75.6 Å². The predicted octanol–water partition coefficient (Wildman–Crippen LogP) is 3.26. The van der Waals surface area contributed by atoms with E-state index in [1.54, 1.807) is 0 Å². The molecule has 1 heterocycles. The molecule has 1 amide bonds. The van der Waals surface area contributed by atoms with E-state index in [1.165, 1.54) is 5.56 Å². The van der Waals surface area contributed by atoms with E-state index in [2.05, 4.69) is 57.3 Å². The summed E-state index contributed by atoms with van der Waals surface area (Å²) in [6.07, 6.45) is -0.728. The third kappa shape index (κ3) is 4.35. The Morgan fingerprint density at radius 1 is 1.04 bits per heavy atom. The molecular weight excluding hydrogens is 306 g/mol. The van der Waals surface area contributed by atoms with Gasteiger partial charge in [-0.05, 0) is 35.8 Å². The average Bonchev–Trinajstić information content (AvgIpc) is 3.02. The van der Waals surface area contributed by atoms with E-state index in [-0.39, 0.29) is 17.9 Å². The van der Waals surface area contributed by atoms with Crippen LogP contribution in [0.3, 0.4) is 0 Å². The van der Waals surface area contributed by atoms with Crippen molar-refractivity contribution < 1.29 is 19.4 Å². The zero-order valence-electron chi connectivity index (χ0n) is 14.8. The number of benzene rings is 1. The van der Waals surface area contributed by atoms with Gasteiger partial charge in [0.05, 0.1) is 6.04 Å². The summed E-state index contributed by atoms with van der Waals surface area (Å²) in [5.74, 6) is -0.554. The number of carboxylic acid groups (broad SMARTS) is 1. The summed E-state index contributed by atoms with van der Waals surface area (Å²) in [7, 11) is 0. The van der Waals surface area contributed by atoms with Gasteiger partial charge in [0.1, 0.15) is 6.10 Å². The van der Waals surface area contributed by atoms with Gasteiger partial charge in [-0.1, -0.05) is 52.0 Å². The largest absolute Gasteiger partial charge is 0.479 e. The van der Waals surface area contributed by atoms with E-state index in [9.17, 15) is 9.59 Å². The van der Waals surface area contributed by atoms with Crippen LogP contribution in [0, 0.1) is 5.92 Å². The lowest BCUT2D eigenvalue weighted by Crippen LogP contribution is -2.39. The second-order valence-electron chi connectivity index (χ2n) is 7.08. The summed E-state index contributed by atoms with van der Waals surface area (Å²) in [5.41, 5.74) is 2.31. The van der Waals surface area contributed by atoms with Crippen LogP contribution in [0.5, 0.6) is 0 Å². The van der Waals surface area contributed by atoms with E-state index < -0.39 is 18.2 Å². The van der Waals surface area contributed by atoms with Gasteiger partial charge in [0.2, 0.25) is 5.91 Å². The van der Waals surface area contributed by atoms with Crippen molar-refractivity contribution in [2.75, 3.05) is 0 Å². The first kappa shape index (κ1) is 18.5. The highest BCUT2D eigenvalue weighted by Gasteiger charge is 2.35. The molecule has 0 bridgehead atoms. The van der Waals surface area contributed by atoms with Crippen LogP contribution in [0.1, 0.15) is 63.6 Å². The maximum Gasteiger partial charge on any atom is 0.332 e. The van der Waals surface area contributed by atoms with Crippen molar-refractivity contribution in [2.24, 2.45) is 5.92 Å². The number of carbonyl (C=O) groups is 2. The van der Waals surface area contributed by atoms with Crippen LogP contribution in [-0.2, 0) is 14.3 Å². The van der Waals surface area contributed by atoms with Crippen LogP contribution in [0.4, 0.5) is 0 Å². The molecule has 5 nitrogen and oxygen atoms in total. The van der Waals surface area contributed by atoms with Gasteiger partial charge >= 0.3 is 5.97 Å². The van der Waals surface area contributed by atoms with Gasteiger partial charge in [-0.3, -0.25) is 4.79 Å². The van der Waals surface area contributed by atoms with E-state index in [0.717, 1.165) is 5.56 Å². The summed E-state index contributed by atoms with van der Waals surface area (Å²) in [6.45, 7) is 8.40. The maximum atomic E-state index is 12.4. The number of aliphatic carboxylic acids is 1. The number of hydrogen-bond donors (Lipinski definition) is 2. The minimum absolute atomic E-state index is 0.119. The number of carbonyl (C=O) groups excluding carboxylic acids is 1. The van der Waals surface area contributed by atoms with Crippen molar-refractivity contribution in [1.82, 2.24) is 5.32 Å². The lowest BCUT2D eigenvalue weighted by atomic mass is 9.93. The highest BCUT2D eigenvalue weighted by atomic mass is 16.5. The van der Waals surface area contributed by atoms with Crippen LogP contribution in [0.15, 0.2) is 24.3 Å². The lowest BCUT2D eigenvalue weighted by Gasteiger charge is -2.25. The Bertz CT molecular complexity index is 580. The highest BCUT2D eigenvalue weighted by Crippen LogP contribution is 2.26. The van der Waals surface area contributed by atoms with E-state index >= 15 is 0 Å². The second-order valence-corrected chi connectivity index (χ2v) is 7.08. The molecule has 1 aromatic rings. The van der Waals surface area contributed by atoms with Crippen molar-refractivity contribution in [2.45, 2.75) is 64.7 Å². The molecule has 24 heavy (non-hydrogen) atoms. The first-order valence-electron chi connectivity index (χ1n) is 8.58. The molecule has 0 aliphatic carbocycles. The predicted molar refractivity (Wildman–Crippen MR) is 91.8 cm³/mol. The fourth-order valence-electron chi connectivity index (χ4n) is 2.98. The van der Waals surface area contributed by atoms with Crippen LogP contribution < -0.4 is 5.32 Å². The summed E-state index contributed by atoms with van der Waals surface area (Å²) in [5, 5.41) is 12.0. The van der Waals surface area contributed by atoms with Crippen LogP contribution >= 0.6 is 0 Å². The van der Waals surface area contributed by atoms with Gasteiger partial charge in [-0.2, -0.15) is 0 Å². The molecule has 5 heteroatoms. The van der Waals surface area contributed by atoms with Gasteiger partial charge in [0.15, 0.2) is 6.10 Å². The first-order valence-corrected chi connectivity index (χ1v) is 8.58. The number of rotatable bonds is 6. The smallest absolute Gasteiger partial charge is 0.332 e. The van der Waals surface area contributed by atoms with E-state index in [4.69, 9.17) is 9.84 Å². The Kier molecular flexibility index (Phi) is 5.99. The molecule has 132 valence electrons. The number of amides is 1. The Morgan fingerprint density at radius 2 is 1.58 bits per heavy atom. The molecule has 2 rings (SSSR count). The standard InChI is InChI=1S/C19H27NO4/c1-11(2)13-5-7-14(8-6-13)17(12(3)4)20-18(21)15-9-10-16(24-15)19(22)23/h5-8,11-12,15-17H,9-10H2,1-4H3,(H,20,21)(H,22,23)/t15-,16+,17?/m0/s1. The third-order valence-electron chi connectivity index (χ3n) is 4.51. The quantitative estimate of drug-likeness (QED) is 0.838. The molecule has 1 aliphatic rings. The third-order valence-corrected chi connectivity index (χ3v) is 4.51. The molecule has 1 fully saturated rings. The Labute approximate surface area is 143 Å². The number of nitrogens with one attached hydrogen (secondary N) is 1.